The minimum absolute atomic E-state index is 0.178. The van der Waals surface area contributed by atoms with Crippen LogP contribution in [-0.4, -0.2) is 46.4 Å². The van der Waals surface area contributed by atoms with E-state index in [2.05, 4.69) is 33.8 Å². The van der Waals surface area contributed by atoms with Crippen molar-refractivity contribution in [3.8, 4) is 0 Å². The van der Waals surface area contributed by atoms with Crippen LogP contribution in [0.1, 0.15) is 35.7 Å². The predicted octanol–water partition coefficient (Wildman–Crippen LogP) is 1.01. The molecular formula is C17H22N4O2. The number of nitrogens with one attached hydrogen (secondary N) is 1. The van der Waals surface area contributed by atoms with E-state index in [-0.39, 0.29) is 11.5 Å². The van der Waals surface area contributed by atoms with Crippen molar-refractivity contribution >= 4 is 0 Å². The Kier molecular flexibility index (Phi) is 3.67. The summed E-state index contributed by atoms with van der Waals surface area (Å²) in [5.74, 6) is 0. The zero-order valence-corrected chi connectivity index (χ0v) is 13.3. The lowest BCUT2D eigenvalue weighted by Gasteiger charge is -2.38. The van der Waals surface area contributed by atoms with Crippen LogP contribution >= 0.6 is 0 Å². The maximum absolute atomic E-state index is 11.2. The highest BCUT2D eigenvalue weighted by molar-refractivity contribution is 5.45. The number of hydrogen-bond acceptors (Lipinski definition) is 5. The highest BCUT2D eigenvalue weighted by atomic mass is 16.5. The second-order valence-corrected chi connectivity index (χ2v) is 6.51. The van der Waals surface area contributed by atoms with E-state index in [0.717, 1.165) is 37.2 Å². The Morgan fingerprint density at radius 2 is 2.13 bits per heavy atom. The van der Waals surface area contributed by atoms with Gasteiger partial charge in [0.1, 0.15) is 11.7 Å². The molecular weight excluding hydrogens is 292 g/mol. The van der Waals surface area contributed by atoms with Crippen LogP contribution in [0.25, 0.3) is 0 Å². The van der Waals surface area contributed by atoms with Gasteiger partial charge in [-0.3, -0.25) is 0 Å². The Labute approximate surface area is 135 Å². The van der Waals surface area contributed by atoms with Gasteiger partial charge < -0.3 is 15.2 Å². The molecule has 1 aliphatic carbocycles. The number of aliphatic hydroxyl groups is 1. The fraction of sp³-hybridized carbons (Fsp3) is 0.529. The summed E-state index contributed by atoms with van der Waals surface area (Å²) in [5.41, 5.74) is 3.03. The van der Waals surface area contributed by atoms with E-state index in [9.17, 15) is 5.11 Å². The van der Waals surface area contributed by atoms with Gasteiger partial charge in [0.05, 0.1) is 18.9 Å². The van der Waals surface area contributed by atoms with Crippen LogP contribution in [-0.2, 0) is 16.8 Å². The van der Waals surface area contributed by atoms with E-state index in [1.807, 2.05) is 12.3 Å². The van der Waals surface area contributed by atoms with Gasteiger partial charge in [-0.25, -0.2) is 4.68 Å². The van der Waals surface area contributed by atoms with Crippen molar-refractivity contribution in [2.45, 2.75) is 37.0 Å². The Morgan fingerprint density at radius 1 is 1.35 bits per heavy atom. The standard InChI is InChI=1S/C17H22N4O2/c1-23-11-12-10-21(20-19-12)15-13-4-2-3-5-14(13)17(16(15)22)6-8-18-9-7-17/h2-5,10,15-16,18,22H,6-9,11H2,1H3/t15-,16+/m1/s1. The first-order valence-corrected chi connectivity index (χ1v) is 8.14. The molecule has 2 heterocycles. The average Bonchev–Trinajstić information content (AvgIpc) is 3.12. The van der Waals surface area contributed by atoms with Crippen molar-refractivity contribution in [2.24, 2.45) is 0 Å². The third kappa shape index (κ3) is 2.21. The first-order chi connectivity index (χ1) is 11.3. The number of piperidine rings is 1. The number of hydrogen-bond donors (Lipinski definition) is 2. The van der Waals surface area contributed by atoms with E-state index >= 15 is 0 Å². The van der Waals surface area contributed by atoms with Gasteiger partial charge >= 0.3 is 0 Å². The van der Waals surface area contributed by atoms with Gasteiger partial charge in [0.2, 0.25) is 0 Å². The molecule has 0 bridgehead atoms. The number of ether oxygens (including phenoxy) is 1. The van der Waals surface area contributed by atoms with E-state index in [4.69, 9.17) is 4.74 Å². The Morgan fingerprint density at radius 3 is 2.91 bits per heavy atom. The molecule has 122 valence electrons. The molecule has 0 saturated carbocycles. The lowest BCUT2D eigenvalue weighted by molar-refractivity contribution is 0.0421. The molecule has 1 aromatic carbocycles. The van der Waals surface area contributed by atoms with Crippen LogP contribution in [0.2, 0.25) is 0 Å². The normalized spacial score (nSPS) is 25.7. The molecule has 0 unspecified atom stereocenters. The summed E-state index contributed by atoms with van der Waals surface area (Å²) in [6.45, 7) is 2.30. The monoisotopic (exact) mass is 314 g/mol. The zero-order valence-electron chi connectivity index (χ0n) is 13.3. The second-order valence-electron chi connectivity index (χ2n) is 6.51. The van der Waals surface area contributed by atoms with Crippen molar-refractivity contribution in [1.82, 2.24) is 20.3 Å². The highest BCUT2D eigenvalue weighted by Crippen LogP contribution is 2.51. The molecule has 0 amide bonds. The Balaban J connectivity index is 1.78. The van der Waals surface area contributed by atoms with Gasteiger partial charge in [-0.2, -0.15) is 0 Å². The summed E-state index contributed by atoms with van der Waals surface area (Å²) in [7, 11) is 1.64. The summed E-state index contributed by atoms with van der Waals surface area (Å²) in [6, 6.07) is 8.19. The maximum Gasteiger partial charge on any atom is 0.108 e. The minimum Gasteiger partial charge on any atom is -0.390 e. The van der Waals surface area contributed by atoms with Crippen LogP contribution in [0.5, 0.6) is 0 Å². The van der Waals surface area contributed by atoms with Crippen molar-refractivity contribution < 1.29 is 9.84 Å². The van der Waals surface area contributed by atoms with Crippen LogP contribution < -0.4 is 5.32 Å². The van der Waals surface area contributed by atoms with Gasteiger partial charge in [-0.15, -0.1) is 5.10 Å². The molecule has 0 radical (unpaired) electrons. The fourth-order valence-electron chi connectivity index (χ4n) is 4.23. The van der Waals surface area contributed by atoms with Crippen LogP contribution in [0.3, 0.4) is 0 Å². The summed E-state index contributed by atoms with van der Waals surface area (Å²) in [6.07, 6.45) is 3.29. The number of aliphatic hydroxyl groups excluding tert-OH is 1. The molecule has 1 fully saturated rings. The molecule has 6 nitrogen and oxygen atoms in total. The first-order valence-electron chi connectivity index (χ1n) is 8.14. The summed E-state index contributed by atoms with van der Waals surface area (Å²) in [4.78, 5) is 0. The molecule has 4 rings (SSSR count). The predicted molar refractivity (Wildman–Crippen MR) is 85.1 cm³/mol. The lowest BCUT2D eigenvalue weighted by Crippen LogP contribution is -2.47. The number of fused-ring (bicyclic) bond motifs is 2. The summed E-state index contributed by atoms with van der Waals surface area (Å²) < 4.78 is 6.92. The number of nitrogens with zero attached hydrogens (tertiary/aromatic N) is 3. The number of rotatable bonds is 3. The minimum atomic E-state index is -0.487. The van der Waals surface area contributed by atoms with Crippen molar-refractivity contribution in [2.75, 3.05) is 20.2 Å². The molecule has 1 saturated heterocycles. The van der Waals surface area contributed by atoms with E-state index in [1.165, 1.54) is 5.56 Å². The highest BCUT2D eigenvalue weighted by Gasteiger charge is 2.52. The van der Waals surface area contributed by atoms with Gasteiger partial charge in [0.25, 0.3) is 0 Å². The van der Waals surface area contributed by atoms with E-state index < -0.39 is 6.10 Å². The number of aromatic nitrogens is 3. The number of methoxy groups -OCH3 is 1. The SMILES string of the molecule is COCc1cn([C@@H]2c3ccccc3C3(CCNCC3)[C@H]2O)nn1. The quantitative estimate of drug-likeness (QED) is 0.885. The third-order valence-corrected chi connectivity index (χ3v) is 5.31. The van der Waals surface area contributed by atoms with Crippen LogP contribution in [0.4, 0.5) is 0 Å². The number of benzene rings is 1. The topological polar surface area (TPSA) is 72.2 Å². The molecule has 2 aliphatic rings. The van der Waals surface area contributed by atoms with Crippen LogP contribution in [0.15, 0.2) is 30.5 Å². The molecule has 1 aromatic heterocycles. The second kappa shape index (κ2) is 5.70. The molecule has 2 atom stereocenters. The summed E-state index contributed by atoms with van der Waals surface area (Å²) in [5, 5.41) is 23.0. The fourth-order valence-corrected chi connectivity index (χ4v) is 4.23. The Bertz CT molecular complexity index is 693. The maximum atomic E-state index is 11.2. The van der Waals surface area contributed by atoms with Gasteiger partial charge in [-0.1, -0.05) is 29.5 Å². The summed E-state index contributed by atoms with van der Waals surface area (Å²) >= 11 is 0. The Hall–Kier alpha value is -1.76. The van der Waals surface area contributed by atoms with Crippen LogP contribution in [0, 0.1) is 0 Å². The molecule has 2 N–H and O–H groups in total. The average molecular weight is 314 g/mol. The molecule has 1 spiro atoms. The van der Waals surface area contributed by atoms with Gasteiger partial charge in [0.15, 0.2) is 0 Å². The zero-order chi connectivity index (χ0) is 15.9. The molecule has 23 heavy (non-hydrogen) atoms. The smallest absolute Gasteiger partial charge is 0.108 e. The van der Waals surface area contributed by atoms with Gasteiger partial charge in [0, 0.05) is 12.5 Å². The van der Waals surface area contributed by atoms with E-state index in [0.29, 0.717) is 6.61 Å². The molecule has 2 aromatic rings. The van der Waals surface area contributed by atoms with Crippen molar-refractivity contribution in [3.63, 3.8) is 0 Å². The largest absolute Gasteiger partial charge is 0.390 e. The lowest BCUT2D eigenvalue weighted by atomic mass is 9.72. The van der Waals surface area contributed by atoms with Crippen molar-refractivity contribution in [1.29, 1.82) is 0 Å². The van der Waals surface area contributed by atoms with Crippen molar-refractivity contribution in [3.05, 3.63) is 47.3 Å². The first kappa shape index (κ1) is 14.8. The van der Waals surface area contributed by atoms with E-state index in [1.54, 1.807) is 11.8 Å². The molecule has 1 aliphatic heterocycles. The van der Waals surface area contributed by atoms with Gasteiger partial charge in [-0.05, 0) is 37.1 Å². The molecule has 6 heteroatoms. The third-order valence-electron chi connectivity index (χ3n) is 5.31.